The lowest BCUT2D eigenvalue weighted by atomic mass is 10.2. The Labute approximate surface area is 112 Å². The van der Waals surface area contributed by atoms with Crippen molar-refractivity contribution < 1.29 is 4.74 Å². The van der Waals surface area contributed by atoms with Gasteiger partial charge in [0.2, 0.25) is 0 Å². The summed E-state index contributed by atoms with van der Waals surface area (Å²) in [5.74, 6) is 0. The van der Waals surface area contributed by atoms with Crippen molar-refractivity contribution in [2.24, 2.45) is 0 Å². The van der Waals surface area contributed by atoms with Gasteiger partial charge < -0.3 is 10.1 Å². The van der Waals surface area contributed by atoms with E-state index in [0.29, 0.717) is 6.04 Å². The second-order valence-electron chi connectivity index (χ2n) is 4.25. The molecule has 17 heavy (non-hydrogen) atoms. The number of benzene rings is 1. The van der Waals surface area contributed by atoms with Crippen LogP contribution in [0.3, 0.4) is 0 Å². The molecule has 1 fully saturated rings. The Balaban J connectivity index is 1.85. The average Bonchev–Trinajstić information content (AvgIpc) is 2.85. The Kier molecular flexibility index (Phi) is 3.06. The summed E-state index contributed by atoms with van der Waals surface area (Å²) >= 11 is 5.16. The van der Waals surface area contributed by atoms with Gasteiger partial charge >= 0.3 is 0 Å². The number of hydrogen-bond acceptors (Lipinski definition) is 4. The number of ether oxygens (including phenoxy) is 1. The fraction of sp³-hybridized carbons (Fsp3) is 0.417. The smallest absolute Gasteiger partial charge is 0.184 e. The van der Waals surface area contributed by atoms with Crippen LogP contribution in [0.2, 0.25) is 0 Å². The third-order valence-corrected chi connectivity index (χ3v) is 4.50. The molecule has 0 amide bonds. The first kappa shape index (κ1) is 11.4. The molecule has 1 aliphatic rings. The molecular formula is C12H13BrN2OS. The van der Waals surface area contributed by atoms with Gasteiger partial charge in [0, 0.05) is 11.1 Å². The van der Waals surface area contributed by atoms with Crippen molar-refractivity contribution in [3.8, 4) is 0 Å². The second kappa shape index (κ2) is 4.55. The van der Waals surface area contributed by atoms with Crippen molar-refractivity contribution in [3.05, 3.63) is 22.7 Å². The van der Waals surface area contributed by atoms with Gasteiger partial charge in [0.1, 0.15) is 0 Å². The largest absolute Gasteiger partial charge is 0.376 e. The predicted molar refractivity (Wildman–Crippen MR) is 74.8 cm³/mol. The van der Waals surface area contributed by atoms with Crippen molar-refractivity contribution in [2.75, 3.05) is 11.9 Å². The maximum atomic E-state index is 5.54. The van der Waals surface area contributed by atoms with E-state index in [2.05, 4.69) is 39.2 Å². The summed E-state index contributed by atoms with van der Waals surface area (Å²) in [4.78, 5) is 4.59. The van der Waals surface area contributed by atoms with Crippen LogP contribution in [0, 0.1) is 0 Å². The van der Waals surface area contributed by atoms with Crippen LogP contribution in [-0.2, 0) is 4.74 Å². The second-order valence-corrected chi connectivity index (χ2v) is 6.19. The van der Waals surface area contributed by atoms with E-state index in [4.69, 9.17) is 4.74 Å². The summed E-state index contributed by atoms with van der Waals surface area (Å²) in [6.45, 7) is 2.95. The van der Waals surface area contributed by atoms with Crippen LogP contribution in [0.4, 0.5) is 5.13 Å². The quantitative estimate of drug-likeness (QED) is 0.919. The number of nitrogens with one attached hydrogen (secondary N) is 1. The van der Waals surface area contributed by atoms with Gasteiger partial charge in [-0.1, -0.05) is 27.3 Å². The zero-order valence-electron chi connectivity index (χ0n) is 9.44. The highest BCUT2D eigenvalue weighted by atomic mass is 79.9. The van der Waals surface area contributed by atoms with E-state index in [1.165, 1.54) is 4.70 Å². The van der Waals surface area contributed by atoms with Crippen molar-refractivity contribution >= 4 is 42.6 Å². The number of thiazole rings is 1. The van der Waals surface area contributed by atoms with E-state index in [9.17, 15) is 0 Å². The molecule has 0 aliphatic carbocycles. The number of fused-ring (bicyclic) bond motifs is 1. The molecule has 0 spiro atoms. The van der Waals surface area contributed by atoms with Crippen molar-refractivity contribution in [2.45, 2.75) is 25.5 Å². The molecule has 1 saturated heterocycles. The minimum absolute atomic E-state index is 0.272. The van der Waals surface area contributed by atoms with Gasteiger partial charge in [-0.05, 0) is 31.5 Å². The van der Waals surface area contributed by atoms with Crippen LogP contribution < -0.4 is 5.32 Å². The Hall–Kier alpha value is -0.650. The SMILES string of the molecule is CC1OCCC1Nc1nc2cc(Br)ccc2s1. The lowest BCUT2D eigenvalue weighted by molar-refractivity contribution is 0.121. The van der Waals surface area contributed by atoms with E-state index in [1.54, 1.807) is 11.3 Å². The maximum Gasteiger partial charge on any atom is 0.184 e. The molecule has 1 N–H and O–H groups in total. The number of nitrogens with zero attached hydrogens (tertiary/aromatic N) is 1. The van der Waals surface area contributed by atoms with E-state index < -0.39 is 0 Å². The Morgan fingerprint density at radius 1 is 1.53 bits per heavy atom. The van der Waals surface area contributed by atoms with Crippen molar-refractivity contribution in [1.29, 1.82) is 0 Å². The fourth-order valence-corrected chi connectivity index (χ4v) is 3.30. The highest BCUT2D eigenvalue weighted by molar-refractivity contribution is 9.10. The van der Waals surface area contributed by atoms with Gasteiger partial charge in [-0.25, -0.2) is 4.98 Å². The Bertz CT molecular complexity index is 542. The summed E-state index contributed by atoms with van der Waals surface area (Å²) in [7, 11) is 0. The maximum absolute atomic E-state index is 5.54. The summed E-state index contributed by atoms with van der Waals surface area (Å²) in [5.41, 5.74) is 1.04. The molecule has 2 unspecified atom stereocenters. The number of hydrogen-bond donors (Lipinski definition) is 1. The number of aromatic nitrogens is 1. The lowest BCUT2D eigenvalue weighted by Gasteiger charge is -2.14. The monoisotopic (exact) mass is 312 g/mol. The summed E-state index contributed by atoms with van der Waals surface area (Å²) in [6.07, 6.45) is 1.33. The van der Waals surface area contributed by atoms with Crippen LogP contribution in [0.15, 0.2) is 22.7 Å². The molecule has 0 radical (unpaired) electrons. The molecule has 1 aliphatic heterocycles. The first-order chi connectivity index (χ1) is 8.22. The third kappa shape index (κ3) is 2.32. The van der Waals surface area contributed by atoms with E-state index in [0.717, 1.165) is 28.1 Å². The number of halogens is 1. The van der Waals surface area contributed by atoms with Crippen LogP contribution in [-0.4, -0.2) is 23.7 Å². The average molecular weight is 313 g/mol. The molecule has 0 bridgehead atoms. The van der Waals surface area contributed by atoms with Gasteiger partial charge in [0.05, 0.1) is 22.4 Å². The summed E-state index contributed by atoms with van der Waals surface area (Å²) in [6, 6.07) is 6.58. The highest BCUT2D eigenvalue weighted by Crippen LogP contribution is 2.29. The molecule has 3 nitrogen and oxygen atoms in total. The zero-order valence-corrected chi connectivity index (χ0v) is 11.8. The van der Waals surface area contributed by atoms with Crippen LogP contribution in [0.5, 0.6) is 0 Å². The number of anilines is 1. The molecule has 2 atom stereocenters. The highest BCUT2D eigenvalue weighted by Gasteiger charge is 2.24. The molecule has 90 valence electrons. The third-order valence-electron chi connectivity index (χ3n) is 3.03. The van der Waals surface area contributed by atoms with E-state index >= 15 is 0 Å². The minimum atomic E-state index is 0.272. The van der Waals surface area contributed by atoms with Crippen LogP contribution in [0.1, 0.15) is 13.3 Å². The molecule has 5 heteroatoms. The van der Waals surface area contributed by atoms with Crippen LogP contribution >= 0.6 is 27.3 Å². The van der Waals surface area contributed by atoms with E-state index in [-0.39, 0.29) is 6.10 Å². The summed E-state index contributed by atoms with van der Waals surface area (Å²) in [5, 5.41) is 4.45. The van der Waals surface area contributed by atoms with Gasteiger partial charge in [0.25, 0.3) is 0 Å². The molecule has 3 rings (SSSR count). The standard InChI is InChI=1S/C12H13BrN2OS/c1-7-9(4-5-16-7)14-12-15-10-6-8(13)2-3-11(10)17-12/h2-3,6-7,9H,4-5H2,1H3,(H,14,15). The molecule has 2 heterocycles. The Morgan fingerprint density at radius 2 is 2.41 bits per heavy atom. The zero-order chi connectivity index (χ0) is 11.8. The van der Waals surface area contributed by atoms with Crippen LogP contribution in [0.25, 0.3) is 10.2 Å². The first-order valence-electron chi connectivity index (χ1n) is 5.66. The normalized spacial score (nSPS) is 24.4. The van der Waals surface area contributed by atoms with Gasteiger partial charge in [-0.3, -0.25) is 0 Å². The lowest BCUT2D eigenvalue weighted by Crippen LogP contribution is -2.26. The van der Waals surface area contributed by atoms with Crippen molar-refractivity contribution in [3.63, 3.8) is 0 Å². The van der Waals surface area contributed by atoms with Gasteiger partial charge in [0.15, 0.2) is 5.13 Å². The van der Waals surface area contributed by atoms with Gasteiger partial charge in [-0.2, -0.15) is 0 Å². The van der Waals surface area contributed by atoms with E-state index in [1.807, 2.05) is 12.1 Å². The minimum Gasteiger partial charge on any atom is -0.376 e. The first-order valence-corrected chi connectivity index (χ1v) is 7.27. The molecule has 1 aromatic carbocycles. The van der Waals surface area contributed by atoms with Crippen molar-refractivity contribution in [1.82, 2.24) is 4.98 Å². The number of rotatable bonds is 2. The topological polar surface area (TPSA) is 34.1 Å². The summed E-state index contributed by atoms with van der Waals surface area (Å²) < 4.78 is 7.82. The fourth-order valence-electron chi connectivity index (χ4n) is 2.04. The molecule has 0 saturated carbocycles. The molecular weight excluding hydrogens is 300 g/mol. The molecule has 2 aromatic rings. The predicted octanol–water partition coefficient (Wildman–Crippen LogP) is 3.65. The van der Waals surface area contributed by atoms with Gasteiger partial charge in [-0.15, -0.1) is 0 Å². The Morgan fingerprint density at radius 3 is 3.18 bits per heavy atom. The molecule has 1 aromatic heterocycles.